The van der Waals surface area contributed by atoms with Gasteiger partial charge in [-0.3, -0.25) is 4.79 Å². The Bertz CT molecular complexity index is 496. The van der Waals surface area contributed by atoms with Gasteiger partial charge in [0.05, 0.1) is 19.3 Å². The summed E-state index contributed by atoms with van der Waals surface area (Å²) in [5, 5.41) is 13.8. The summed E-state index contributed by atoms with van der Waals surface area (Å²) in [6, 6.07) is -0.394. The van der Waals surface area contributed by atoms with Crippen LogP contribution in [0.4, 0.5) is 0 Å². The predicted molar refractivity (Wildman–Crippen MR) is 74.7 cm³/mol. The molecule has 8 nitrogen and oxygen atoms in total. The fourth-order valence-electron chi connectivity index (χ4n) is 2.33. The van der Waals surface area contributed by atoms with E-state index in [1.54, 1.807) is 17.8 Å². The van der Waals surface area contributed by atoms with Crippen molar-refractivity contribution in [1.29, 1.82) is 0 Å². The number of esters is 1. The summed E-state index contributed by atoms with van der Waals surface area (Å²) in [4.78, 5) is 23.6. The van der Waals surface area contributed by atoms with Crippen molar-refractivity contribution in [1.82, 2.24) is 25.6 Å². The average Bonchev–Trinajstić information content (AvgIpc) is 3.02. The van der Waals surface area contributed by atoms with Crippen molar-refractivity contribution in [2.45, 2.75) is 38.3 Å². The minimum Gasteiger partial charge on any atom is -0.467 e. The Balaban J connectivity index is 1.99. The molecule has 2 rings (SSSR count). The van der Waals surface area contributed by atoms with Crippen molar-refractivity contribution < 1.29 is 14.3 Å². The number of ether oxygens (including phenoxy) is 1. The maximum Gasteiger partial charge on any atom is 0.328 e. The largest absolute Gasteiger partial charge is 0.467 e. The highest BCUT2D eigenvalue weighted by Gasteiger charge is 2.23. The van der Waals surface area contributed by atoms with Gasteiger partial charge in [-0.25, -0.2) is 9.48 Å². The summed E-state index contributed by atoms with van der Waals surface area (Å²) in [6.07, 6.45) is 4.02. The Morgan fingerprint density at radius 3 is 2.86 bits per heavy atom. The van der Waals surface area contributed by atoms with Crippen LogP contribution < -0.4 is 10.6 Å². The van der Waals surface area contributed by atoms with Crippen LogP contribution in [0.15, 0.2) is 6.20 Å². The lowest BCUT2D eigenvalue weighted by Gasteiger charge is -2.22. The number of methoxy groups -OCH3 is 1. The van der Waals surface area contributed by atoms with Gasteiger partial charge in [0.2, 0.25) is 0 Å². The first kappa shape index (κ1) is 15.4. The molecule has 0 aliphatic carbocycles. The molecule has 1 amide bonds. The zero-order valence-electron chi connectivity index (χ0n) is 12.3. The van der Waals surface area contributed by atoms with Crippen LogP contribution in [0.25, 0.3) is 0 Å². The smallest absolute Gasteiger partial charge is 0.328 e. The number of hydrogen-bond donors (Lipinski definition) is 2. The quantitative estimate of drug-likeness (QED) is 0.735. The van der Waals surface area contributed by atoms with Gasteiger partial charge in [0.15, 0.2) is 5.69 Å². The molecule has 1 atom stereocenters. The summed E-state index contributed by atoms with van der Waals surface area (Å²) in [5.74, 6) is -0.871. The van der Waals surface area contributed by atoms with Gasteiger partial charge >= 0.3 is 5.97 Å². The third-order valence-corrected chi connectivity index (χ3v) is 3.63. The Labute approximate surface area is 123 Å². The van der Waals surface area contributed by atoms with Crippen molar-refractivity contribution in [3.8, 4) is 0 Å². The number of hydrogen-bond acceptors (Lipinski definition) is 6. The van der Waals surface area contributed by atoms with E-state index in [1.165, 1.54) is 7.11 Å². The van der Waals surface area contributed by atoms with Gasteiger partial charge in [-0.1, -0.05) is 12.1 Å². The summed E-state index contributed by atoms with van der Waals surface area (Å²) in [5.41, 5.74) is 0.218. The molecule has 0 spiro atoms. The topological polar surface area (TPSA) is 98.1 Å². The number of aromatic nitrogens is 3. The van der Waals surface area contributed by atoms with Crippen LogP contribution in [0, 0.1) is 0 Å². The molecule has 1 aliphatic heterocycles. The summed E-state index contributed by atoms with van der Waals surface area (Å²) in [6.45, 7) is 3.67. The lowest BCUT2D eigenvalue weighted by molar-refractivity contribution is -0.142. The molecule has 0 aromatic carbocycles. The van der Waals surface area contributed by atoms with Crippen molar-refractivity contribution in [3.05, 3.63) is 11.9 Å². The first-order valence-corrected chi connectivity index (χ1v) is 7.17. The molecular weight excluding hydrogens is 274 g/mol. The number of nitrogens with one attached hydrogen (secondary N) is 2. The Hall–Kier alpha value is -1.96. The second-order valence-electron chi connectivity index (χ2n) is 5.02. The van der Waals surface area contributed by atoms with Gasteiger partial charge in [-0.05, 0) is 32.4 Å². The molecule has 2 N–H and O–H groups in total. The van der Waals surface area contributed by atoms with Crippen LogP contribution in [0.3, 0.4) is 0 Å². The van der Waals surface area contributed by atoms with E-state index in [1.807, 2.05) is 0 Å². The van der Waals surface area contributed by atoms with E-state index in [9.17, 15) is 9.59 Å². The number of nitrogens with zero attached hydrogens (tertiary/aromatic N) is 3. The number of piperidine rings is 1. The molecule has 8 heteroatoms. The monoisotopic (exact) mass is 295 g/mol. The van der Waals surface area contributed by atoms with E-state index in [0.29, 0.717) is 6.42 Å². The van der Waals surface area contributed by atoms with Gasteiger partial charge in [-0.2, -0.15) is 0 Å². The standard InChI is InChI=1S/C13H21N5O3/c1-3-10(13(20)21-2)15-12(19)11-8-18(17-16-11)9-4-6-14-7-5-9/h8-10,14H,3-7H2,1-2H3,(H,15,19). The van der Waals surface area contributed by atoms with Gasteiger partial charge in [-0.15, -0.1) is 5.10 Å². The van der Waals surface area contributed by atoms with Crippen LogP contribution in [0.1, 0.15) is 42.7 Å². The van der Waals surface area contributed by atoms with Crippen LogP contribution in [0.5, 0.6) is 0 Å². The van der Waals surface area contributed by atoms with Gasteiger partial charge in [0.1, 0.15) is 6.04 Å². The first-order chi connectivity index (χ1) is 10.2. The van der Waals surface area contributed by atoms with Gasteiger partial charge in [0, 0.05) is 0 Å². The van der Waals surface area contributed by atoms with E-state index in [2.05, 4.69) is 25.7 Å². The molecule has 21 heavy (non-hydrogen) atoms. The van der Waals surface area contributed by atoms with Crippen molar-refractivity contribution in [2.75, 3.05) is 20.2 Å². The van der Waals surface area contributed by atoms with Gasteiger partial charge in [0.25, 0.3) is 5.91 Å². The van der Waals surface area contributed by atoms with E-state index in [-0.39, 0.29) is 11.7 Å². The molecule has 1 aromatic rings. The second kappa shape index (κ2) is 7.16. The SMILES string of the molecule is CCC(NC(=O)c1cn(C2CCNCC2)nn1)C(=O)OC. The molecule has 1 saturated heterocycles. The molecule has 2 heterocycles. The number of carbonyl (C=O) groups is 2. The van der Waals surface area contributed by atoms with Crippen molar-refractivity contribution in [2.24, 2.45) is 0 Å². The van der Waals surface area contributed by atoms with Crippen LogP contribution in [0.2, 0.25) is 0 Å². The molecule has 1 fully saturated rings. The van der Waals surface area contributed by atoms with E-state index < -0.39 is 17.9 Å². The molecule has 0 bridgehead atoms. The molecule has 0 radical (unpaired) electrons. The van der Waals surface area contributed by atoms with E-state index in [4.69, 9.17) is 0 Å². The van der Waals surface area contributed by atoms with Gasteiger partial charge < -0.3 is 15.4 Å². The van der Waals surface area contributed by atoms with Crippen LogP contribution in [-0.4, -0.2) is 53.1 Å². The minimum atomic E-state index is -0.661. The van der Waals surface area contributed by atoms with Crippen molar-refractivity contribution in [3.63, 3.8) is 0 Å². The molecule has 1 unspecified atom stereocenters. The lowest BCUT2D eigenvalue weighted by atomic mass is 10.1. The van der Waals surface area contributed by atoms with Crippen molar-refractivity contribution >= 4 is 11.9 Å². The number of amides is 1. The third-order valence-electron chi connectivity index (χ3n) is 3.63. The fraction of sp³-hybridized carbons (Fsp3) is 0.692. The highest BCUT2D eigenvalue weighted by molar-refractivity contribution is 5.94. The molecular formula is C13H21N5O3. The Morgan fingerprint density at radius 1 is 1.52 bits per heavy atom. The lowest BCUT2D eigenvalue weighted by Crippen LogP contribution is -2.41. The molecule has 1 aliphatic rings. The highest BCUT2D eigenvalue weighted by atomic mass is 16.5. The van der Waals surface area contributed by atoms with E-state index >= 15 is 0 Å². The second-order valence-corrected chi connectivity index (χ2v) is 5.02. The average molecular weight is 295 g/mol. The maximum absolute atomic E-state index is 12.1. The Kier molecular flexibility index (Phi) is 5.26. The van der Waals surface area contributed by atoms with Crippen LogP contribution in [-0.2, 0) is 9.53 Å². The summed E-state index contributed by atoms with van der Waals surface area (Å²) in [7, 11) is 1.30. The Morgan fingerprint density at radius 2 is 2.24 bits per heavy atom. The summed E-state index contributed by atoms with van der Waals surface area (Å²) >= 11 is 0. The van der Waals surface area contributed by atoms with E-state index in [0.717, 1.165) is 25.9 Å². The molecule has 1 aromatic heterocycles. The highest BCUT2D eigenvalue weighted by Crippen LogP contribution is 2.17. The predicted octanol–water partition coefficient (Wildman–Crippen LogP) is -0.116. The summed E-state index contributed by atoms with van der Waals surface area (Å²) < 4.78 is 6.37. The molecule has 0 saturated carbocycles. The molecule has 116 valence electrons. The zero-order chi connectivity index (χ0) is 15.2. The third kappa shape index (κ3) is 3.78. The fourth-order valence-corrected chi connectivity index (χ4v) is 2.33. The number of rotatable bonds is 5. The zero-order valence-corrected chi connectivity index (χ0v) is 12.3. The number of carbonyl (C=O) groups excluding carboxylic acids is 2. The first-order valence-electron chi connectivity index (χ1n) is 7.17. The minimum absolute atomic E-state index is 0.218. The normalized spacial score (nSPS) is 17.2. The van der Waals surface area contributed by atoms with Crippen LogP contribution >= 0.6 is 0 Å². The maximum atomic E-state index is 12.1.